The van der Waals surface area contributed by atoms with Crippen LogP contribution in [0.1, 0.15) is 12.8 Å². The van der Waals surface area contributed by atoms with Gasteiger partial charge in [0, 0.05) is 26.1 Å². The first-order valence-corrected chi connectivity index (χ1v) is 6.20. The largest absolute Gasteiger partial charge is 0.480 e. The molecule has 0 fully saturated rings. The van der Waals surface area contributed by atoms with Gasteiger partial charge in [0.05, 0.1) is 19.8 Å². The highest BCUT2D eigenvalue weighted by atomic mass is 16.4. The molecule has 0 rings (SSSR count). The highest BCUT2D eigenvalue weighted by Gasteiger charge is 2.11. The van der Waals surface area contributed by atoms with Crippen molar-refractivity contribution in [3.05, 3.63) is 0 Å². The standard InChI is InChI=1S/C6H15NO3.C5H10N2O3/c8-4-1-7(2-5-9)3-6-10;6-3(5(9)10)1-2-4(7)8/h8-10H,1-6H2;3H,1-2,6H2,(H2,7,8)(H,9,10)/t;3-/m.0/s1. The van der Waals surface area contributed by atoms with Gasteiger partial charge >= 0.3 is 5.97 Å². The zero-order valence-electron chi connectivity index (χ0n) is 11.4. The quantitative estimate of drug-likeness (QED) is 0.246. The normalized spacial score (nSPS) is 11.7. The summed E-state index contributed by atoms with van der Waals surface area (Å²) in [5.74, 6) is -1.64. The van der Waals surface area contributed by atoms with E-state index in [1.807, 2.05) is 0 Å². The smallest absolute Gasteiger partial charge is 0.320 e. The van der Waals surface area contributed by atoms with Crippen LogP contribution in [-0.4, -0.2) is 82.7 Å². The van der Waals surface area contributed by atoms with Crippen molar-refractivity contribution in [3.8, 4) is 0 Å². The molecule has 0 saturated carbocycles. The topological polar surface area (TPSA) is 170 Å². The van der Waals surface area contributed by atoms with Gasteiger partial charge in [-0.05, 0) is 6.42 Å². The van der Waals surface area contributed by atoms with Gasteiger partial charge in [-0.25, -0.2) is 0 Å². The summed E-state index contributed by atoms with van der Waals surface area (Å²) in [6, 6.07) is -0.979. The van der Waals surface area contributed by atoms with Crippen LogP contribution in [0.4, 0.5) is 0 Å². The van der Waals surface area contributed by atoms with E-state index >= 15 is 0 Å². The van der Waals surface area contributed by atoms with Crippen molar-refractivity contribution in [1.82, 2.24) is 4.90 Å². The molecule has 0 aliphatic carbocycles. The van der Waals surface area contributed by atoms with Crippen molar-refractivity contribution in [2.24, 2.45) is 11.5 Å². The minimum atomic E-state index is -1.11. The number of hydrogen-bond acceptors (Lipinski definition) is 7. The summed E-state index contributed by atoms with van der Waals surface area (Å²) >= 11 is 0. The first-order chi connectivity index (χ1) is 9.38. The highest BCUT2D eigenvalue weighted by Crippen LogP contribution is 1.92. The predicted octanol–water partition coefficient (Wildman–Crippen LogP) is -3.07. The van der Waals surface area contributed by atoms with Gasteiger partial charge in [-0.15, -0.1) is 0 Å². The van der Waals surface area contributed by atoms with Crippen LogP contribution in [0.25, 0.3) is 0 Å². The predicted molar refractivity (Wildman–Crippen MR) is 71.7 cm³/mol. The Balaban J connectivity index is 0. The van der Waals surface area contributed by atoms with Crippen molar-refractivity contribution < 1.29 is 30.0 Å². The molecular weight excluding hydrogens is 270 g/mol. The summed E-state index contributed by atoms with van der Waals surface area (Å²) in [5.41, 5.74) is 9.81. The van der Waals surface area contributed by atoms with Crippen LogP contribution in [0.2, 0.25) is 0 Å². The average molecular weight is 295 g/mol. The molecule has 1 amide bonds. The SMILES string of the molecule is NC(=O)CC[C@H](N)C(=O)O.OCCN(CCO)CCO. The molecule has 0 aromatic rings. The Morgan fingerprint density at radius 3 is 1.65 bits per heavy atom. The van der Waals surface area contributed by atoms with Crippen molar-refractivity contribution in [1.29, 1.82) is 0 Å². The number of hydrogen-bond donors (Lipinski definition) is 6. The lowest BCUT2D eigenvalue weighted by Crippen LogP contribution is -2.32. The van der Waals surface area contributed by atoms with E-state index in [0.29, 0.717) is 19.6 Å². The lowest BCUT2D eigenvalue weighted by atomic mass is 10.2. The molecule has 0 spiro atoms. The van der Waals surface area contributed by atoms with Gasteiger partial charge in [-0.3, -0.25) is 14.5 Å². The maximum absolute atomic E-state index is 10.1. The number of carbonyl (C=O) groups is 2. The van der Waals surface area contributed by atoms with Crippen molar-refractivity contribution in [3.63, 3.8) is 0 Å². The summed E-state index contributed by atoms with van der Waals surface area (Å²) in [6.45, 7) is 1.75. The Morgan fingerprint density at radius 1 is 1.00 bits per heavy atom. The van der Waals surface area contributed by atoms with Gasteiger partial charge in [0.2, 0.25) is 5.91 Å². The van der Waals surface area contributed by atoms with Crippen molar-refractivity contribution in [2.75, 3.05) is 39.5 Å². The van der Waals surface area contributed by atoms with E-state index < -0.39 is 17.9 Å². The summed E-state index contributed by atoms with van der Waals surface area (Å²) < 4.78 is 0. The van der Waals surface area contributed by atoms with Crippen molar-refractivity contribution >= 4 is 11.9 Å². The molecule has 0 radical (unpaired) electrons. The fourth-order valence-electron chi connectivity index (χ4n) is 1.18. The van der Waals surface area contributed by atoms with Gasteiger partial charge in [0.25, 0.3) is 0 Å². The van der Waals surface area contributed by atoms with Crippen molar-refractivity contribution in [2.45, 2.75) is 18.9 Å². The van der Waals surface area contributed by atoms with E-state index in [1.54, 1.807) is 4.90 Å². The van der Waals surface area contributed by atoms with E-state index in [4.69, 9.17) is 31.9 Å². The number of carboxylic acids is 1. The van der Waals surface area contributed by atoms with Crippen LogP contribution in [0.15, 0.2) is 0 Å². The number of amides is 1. The number of aliphatic hydroxyl groups is 3. The van der Waals surface area contributed by atoms with Crippen LogP contribution >= 0.6 is 0 Å². The molecular formula is C11H25N3O6. The second-order valence-electron chi connectivity index (χ2n) is 3.96. The maximum Gasteiger partial charge on any atom is 0.320 e. The second-order valence-corrected chi connectivity index (χ2v) is 3.96. The monoisotopic (exact) mass is 295 g/mol. The number of nitrogens with two attached hydrogens (primary N) is 2. The van der Waals surface area contributed by atoms with Gasteiger partial charge in [0.15, 0.2) is 0 Å². The van der Waals surface area contributed by atoms with Gasteiger partial charge in [-0.2, -0.15) is 0 Å². The van der Waals surface area contributed by atoms with Gasteiger partial charge in [0.1, 0.15) is 6.04 Å². The van der Waals surface area contributed by atoms with E-state index in [2.05, 4.69) is 0 Å². The Labute approximate surface area is 117 Å². The van der Waals surface area contributed by atoms with E-state index in [0.717, 1.165) is 0 Å². The molecule has 9 heteroatoms. The lowest BCUT2D eigenvalue weighted by molar-refractivity contribution is -0.138. The van der Waals surface area contributed by atoms with Gasteiger partial charge < -0.3 is 31.9 Å². The summed E-state index contributed by atoms with van der Waals surface area (Å²) in [6.07, 6.45) is 0.123. The number of rotatable bonds is 10. The highest BCUT2D eigenvalue weighted by molar-refractivity contribution is 5.76. The number of nitrogens with zero attached hydrogens (tertiary/aromatic N) is 1. The van der Waals surface area contributed by atoms with Crippen LogP contribution in [0.3, 0.4) is 0 Å². The molecule has 0 aliphatic heterocycles. The first kappa shape index (κ1) is 21.0. The summed E-state index contributed by atoms with van der Waals surface area (Å²) in [7, 11) is 0. The van der Waals surface area contributed by atoms with E-state index in [1.165, 1.54) is 0 Å². The zero-order chi connectivity index (χ0) is 16.0. The number of primary amides is 1. The molecule has 0 aromatic carbocycles. The Hall–Kier alpha value is -1.26. The summed E-state index contributed by atoms with van der Waals surface area (Å²) in [4.78, 5) is 21.9. The number of carboxylic acid groups (broad SMARTS) is 1. The average Bonchev–Trinajstić information content (AvgIpc) is 2.37. The third kappa shape index (κ3) is 14.8. The molecule has 0 bridgehead atoms. The molecule has 0 aliphatic rings. The lowest BCUT2D eigenvalue weighted by Gasteiger charge is -2.17. The first-order valence-electron chi connectivity index (χ1n) is 6.20. The minimum Gasteiger partial charge on any atom is -0.480 e. The molecule has 0 unspecified atom stereocenters. The molecule has 8 N–H and O–H groups in total. The number of aliphatic hydroxyl groups excluding tert-OH is 3. The molecule has 120 valence electrons. The molecule has 0 saturated heterocycles. The van der Waals surface area contributed by atoms with Crippen LogP contribution in [0, 0.1) is 0 Å². The molecule has 0 aromatic heterocycles. The van der Waals surface area contributed by atoms with Gasteiger partial charge in [-0.1, -0.05) is 0 Å². The molecule has 1 atom stereocenters. The third-order valence-corrected chi connectivity index (χ3v) is 2.27. The van der Waals surface area contributed by atoms with E-state index in [-0.39, 0.29) is 32.7 Å². The fourth-order valence-corrected chi connectivity index (χ4v) is 1.18. The fraction of sp³-hybridized carbons (Fsp3) is 0.818. The minimum absolute atomic E-state index is 0.0213. The van der Waals surface area contributed by atoms with E-state index in [9.17, 15) is 9.59 Å². The molecule has 0 heterocycles. The van der Waals surface area contributed by atoms with Crippen LogP contribution in [0.5, 0.6) is 0 Å². The molecule has 20 heavy (non-hydrogen) atoms. The maximum atomic E-state index is 10.1. The molecule has 9 nitrogen and oxygen atoms in total. The Morgan fingerprint density at radius 2 is 1.40 bits per heavy atom. The van der Waals surface area contributed by atoms with Crippen LogP contribution < -0.4 is 11.5 Å². The zero-order valence-corrected chi connectivity index (χ0v) is 11.4. The second kappa shape index (κ2) is 14.2. The third-order valence-electron chi connectivity index (χ3n) is 2.27. The summed E-state index contributed by atoms with van der Waals surface area (Å²) in [5, 5.41) is 33.7. The Kier molecular flexibility index (Phi) is 14.9. The number of carbonyl (C=O) groups excluding carboxylic acids is 1. The van der Waals surface area contributed by atoms with Crippen LogP contribution in [-0.2, 0) is 9.59 Å². The Bertz CT molecular complexity index is 250. The number of aliphatic carboxylic acids is 1.